The van der Waals surface area contributed by atoms with Crippen LogP contribution in [0.25, 0.3) is 5.69 Å². The van der Waals surface area contributed by atoms with Crippen LogP contribution < -0.4 is 9.80 Å². The normalized spacial score (nSPS) is 13.8. The van der Waals surface area contributed by atoms with Crippen molar-refractivity contribution in [2.75, 3.05) is 29.9 Å². The third-order valence-electron chi connectivity index (χ3n) is 4.64. The van der Waals surface area contributed by atoms with E-state index in [1.165, 1.54) is 0 Å². The average molecular weight is 348 g/mol. The van der Waals surface area contributed by atoms with E-state index in [9.17, 15) is 4.79 Å². The van der Waals surface area contributed by atoms with Gasteiger partial charge in [-0.2, -0.15) is 0 Å². The molecule has 3 heterocycles. The van der Waals surface area contributed by atoms with Crippen molar-refractivity contribution in [1.29, 1.82) is 0 Å². The Kier molecular flexibility index (Phi) is 4.35. The van der Waals surface area contributed by atoms with E-state index in [4.69, 9.17) is 0 Å². The highest BCUT2D eigenvalue weighted by Crippen LogP contribution is 2.29. The summed E-state index contributed by atoms with van der Waals surface area (Å²) in [6, 6.07) is 11.2. The van der Waals surface area contributed by atoms with Gasteiger partial charge in [-0.3, -0.25) is 4.79 Å². The topological polar surface area (TPSA) is 67.2 Å². The molecule has 7 nitrogen and oxygen atoms in total. The SMILES string of the molecule is CN(C(=O)c1ccc(-n2ccnn2)cc1)c1cccnc1N1CCCC1. The van der Waals surface area contributed by atoms with Crippen LogP contribution in [0.15, 0.2) is 55.0 Å². The number of amides is 1. The van der Waals surface area contributed by atoms with Crippen LogP contribution in [-0.4, -0.2) is 46.0 Å². The van der Waals surface area contributed by atoms with Crippen LogP contribution in [0.5, 0.6) is 0 Å². The fourth-order valence-corrected chi connectivity index (χ4v) is 3.23. The van der Waals surface area contributed by atoms with Crippen molar-refractivity contribution in [3.63, 3.8) is 0 Å². The number of pyridine rings is 1. The number of anilines is 2. The Bertz CT molecular complexity index is 885. The van der Waals surface area contributed by atoms with Crippen LogP contribution in [0.3, 0.4) is 0 Å². The standard InChI is InChI=1S/C19H20N6O/c1-23(17-5-4-10-20-18(17)24-12-2-3-13-24)19(26)15-6-8-16(9-7-15)25-14-11-21-22-25/h4-11,14H,2-3,12-13H2,1H3. The summed E-state index contributed by atoms with van der Waals surface area (Å²) in [5, 5.41) is 7.75. The number of rotatable bonds is 4. The van der Waals surface area contributed by atoms with Crippen molar-refractivity contribution >= 4 is 17.4 Å². The van der Waals surface area contributed by atoms with Crippen LogP contribution in [0.1, 0.15) is 23.2 Å². The van der Waals surface area contributed by atoms with E-state index >= 15 is 0 Å². The second kappa shape index (κ2) is 6.95. The van der Waals surface area contributed by atoms with Gasteiger partial charge in [0.05, 0.1) is 23.8 Å². The Hall–Kier alpha value is -3.22. The van der Waals surface area contributed by atoms with Gasteiger partial charge in [-0.1, -0.05) is 5.21 Å². The minimum absolute atomic E-state index is 0.0661. The van der Waals surface area contributed by atoms with E-state index < -0.39 is 0 Å². The van der Waals surface area contributed by atoms with E-state index in [1.54, 1.807) is 35.2 Å². The number of carbonyl (C=O) groups excluding carboxylic acids is 1. The summed E-state index contributed by atoms with van der Waals surface area (Å²) < 4.78 is 1.66. The monoisotopic (exact) mass is 348 g/mol. The van der Waals surface area contributed by atoms with Crippen LogP contribution in [0.2, 0.25) is 0 Å². The van der Waals surface area contributed by atoms with Crippen LogP contribution in [0, 0.1) is 0 Å². The molecule has 1 aliphatic heterocycles. The molecule has 2 aromatic heterocycles. The van der Waals surface area contributed by atoms with Gasteiger partial charge in [0.15, 0.2) is 5.82 Å². The highest BCUT2D eigenvalue weighted by atomic mass is 16.2. The molecule has 3 aromatic rings. The molecule has 1 amide bonds. The molecular formula is C19H20N6O. The van der Waals surface area contributed by atoms with Crippen LogP contribution in [0.4, 0.5) is 11.5 Å². The lowest BCUT2D eigenvalue weighted by molar-refractivity contribution is 0.0993. The lowest BCUT2D eigenvalue weighted by Gasteiger charge is -2.25. The number of hydrogen-bond donors (Lipinski definition) is 0. The first-order valence-electron chi connectivity index (χ1n) is 8.69. The minimum Gasteiger partial charge on any atom is -0.355 e. The van der Waals surface area contributed by atoms with Gasteiger partial charge in [-0.05, 0) is 49.2 Å². The fraction of sp³-hybridized carbons (Fsp3) is 0.263. The van der Waals surface area contributed by atoms with Gasteiger partial charge in [0.2, 0.25) is 0 Å². The van der Waals surface area contributed by atoms with Gasteiger partial charge in [0.25, 0.3) is 5.91 Å². The number of carbonyl (C=O) groups is 1. The maximum absolute atomic E-state index is 13.0. The van der Waals surface area contributed by atoms with Crippen molar-refractivity contribution in [2.45, 2.75) is 12.8 Å². The molecule has 4 rings (SSSR count). The summed E-state index contributed by atoms with van der Waals surface area (Å²) in [6.07, 6.45) is 7.49. The van der Waals surface area contributed by atoms with Crippen molar-refractivity contribution < 1.29 is 4.79 Å². The van der Waals surface area contributed by atoms with Crippen LogP contribution in [-0.2, 0) is 0 Å². The van der Waals surface area contributed by atoms with Gasteiger partial charge in [0.1, 0.15) is 0 Å². The highest BCUT2D eigenvalue weighted by molar-refractivity contribution is 6.07. The van der Waals surface area contributed by atoms with Gasteiger partial charge < -0.3 is 9.80 Å². The predicted octanol–water partition coefficient (Wildman–Crippen LogP) is 2.54. The molecule has 0 saturated carbocycles. The van der Waals surface area contributed by atoms with Crippen molar-refractivity contribution in [3.05, 3.63) is 60.6 Å². The molecule has 1 aliphatic rings. The third-order valence-corrected chi connectivity index (χ3v) is 4.64. The Morgan fingerprint density at radius 2 is 1.85 bits per heavy atom. The number of aromatic nitrogens is 4. The van der Waals surface area contributed by atoms with E-state index in [2.05, 4.69) is 20.2 Å². The Balaban J connectivity index is 1.58. The molecular weight excluding hydrogens is 328 g/mol. The van der Waals surface area contributed by atoms with Gasteiger partial charge >= 0.3 is 0 Å². The molecule has 0 N–H and O–H groups in total. The van der Waals surface area contributed by atoms with Crippen molar-refractivity contribution in [2.24, 2.45) is 0 Å². The highest BCUT2D eigenvalue weighted by Gasteiger charge is 2.22. The molecule has 132 valence electrons. The molecule has 0 aliphatic carbocycles. The zero-order valence-corrected chi connectivity index (χ0v) is 14.6. The molecule has 26 heavy (non-hydrogen) atoms. The summed E-state index contributed by atoms with van der Waals surface area (Å²) in [5.74, 6) is 0.809. The molecule has 0 radical (unpaired) electrons. The summed E-state index contributed by atoms with van der Waals surface area (Å²) >= 11 is 0. The maximum Gasteiger partial charge on any atom is 0.258 e. The van der Waals surface area contributed by atoms with E-state index in [-0.39, 0.29) is 5.91 Å². The summed E-state index contributed by atoms with van der Waals surface area (Å²) in [5.41, 5.74) is 2.31. The first kappa shape index (κ1) is 16.3. The minimum atomic E-state index is -0.0661. The van der Waals surface area contributed by atoms with E-state index in [0.717, 1.165) is 43.1 Å². The quantitative estimate of drug-likeness (QED) is 0.725. The Labute approximate surface area is 151 Å². The lowest BCUT2D eigenvalue weighted by atomic mass is 10.1. The molecule has 1 aromatic carbocycles. The molecule has 7 heteroatoms. The van der Waals surface area contributed by atoms with Crippen LogP contribution >= 0.6 is 0 Å². The Morgan fingerprint density at radius 1 is 1.08 bits per heavy atom. The van der Waals surface area contributed by atoms with Crippen molar-refractivity contribution in [1.82, 2.24) is 20.0 Å². The molecule has 0 unspecified atom stereocenters. The van der Waals surface area contributed by atoms with Gasteiger partial charge in [-0.25, -0.2) is 9.67 Å². The summed E-state index contributed by atoms with van der Waals surface area (Å²) in [4.78, 5) is 21.4. The fourth-order valence-electron chi connectivity index (χ4n) is 3.23. The second-order valence-corrected chi connectivity index (χ2v) is 6.30. The predicted molar refractivity (Wildman–Crippen MR) is 99.8 cm³/mol. The molecule has 1 fully saturated rings. The maximum atomic E-state index is 13.0. The third kappa shape index (κ3) is 3.03. The number of hydrogen-bond acceptors (Lipinski definition) is 5. The van der Waals surface area contributed by atoms with Gasteiger partial charge in [-0.15, -0.1) is 5.10 Å². The number of benzene rings is 1. The van der Waals surface area contributed by atoms with Gasteiger partial charge in [0, 0.05) is 31.9 Å². The summed E-state index contributed by atoms with van der Waals surface area (Å²) in [6.45, 7) is 1.97. The molecule has 0 atom stereocenters. The zero-order valence-electron chi connectivity index (χ0n) is 14.6. The number of nitrogens with zero attached hydrogens (tertiary/aromatic N) is 6. The molecule has 1 saturated heterocycles. The van der Waals surface area contributed by atoms with Crippen molar-refractivity contribution in [3.8, 4) is 5.69 Å². The van der Waals surface area contributed by atoms with E-state index in [0.29, 0.717) is 5.56 Å². The lowest BCUT2D eigenvalue weighted by Crippen LogP contribution is -2.29. The average Bonchev–Trinajstić information content (AvgIpc) is 3.41. The first-order valence-corrected chi connectivity index (χ1v) is 8.69. The molecule has 0 bridgehead atoms. The largest absolute Gasteiger partial charge is 0.355 e. The Morgan fingerprint density at radius 3 is 2.54 bits per heavy atom. The molecule has 0 spiro atoms. The smallest absolute Gasteiger partial charge is 0.258 e. The second-order valence-electron chi connectivity index (χ2n) is 6.30. The zero-order chi connectivity index (χ0) is 17.9. The van der Waals surface area contributed by atoms with E-state index in [1.807, 2.05) is 36.4 Å². The first-order chi connectivity index (χ1) is 12.7. The summed E-state index contributed by atoms with van der Waals surface area (Å²) in [7, 11) is 1.80.